The van der Waals surface area contributed by atoms with Crippen LogP contribution in [0.2, 0.25) is 5.02 Å². The highest BCUT2D eigenvalue weighted by Gasteiger charge is 2.09. The van der Waals surface area contributed by atoms with Gasteiger partial charge in [-0.25, -0.2) is 4.98 Å². The minimum atomic E-state index is 0.763. The Morgan fingerprint density at radius 1 is 1.03 bits per heavy atom. The van der Waals surface area contributed by atoms with Crippen molar-refractivity contribution >= 4 is 22.6 Å². The Balaban J connectivity index is 1.37. The minimum absolute atomic E-state index is 0.763. The number of hydrogen-bond donors (Lipinski definition) is 2. The fraction of sp³-hybridized carbons (Fsp3) is 0.240. The molecule has 0 bridgehead atoms. The number of ether oxygens (including phenoxy) is 1. The van der Waals surface area contributed by atoms with E-state index >= 15 is 0 Å². The van der Waals surface area contributed by atoms with Gasteiger partial charge in [0.15, 0.2) is 0 Å². The predicted molar refractivity (Wildman–Crippen MR) is 124 cm³/mol. The fourth-order valence-electron chi connectivity index (χ4n) is 3.76. The zero-order valence-electron chi connectivity index (χ0n) is 17.3. The second-order valence-electron chi connectivity index (χ2n) is 7.29. The van der Waals surface area contributed by atoms with Gasteiger partial charge in [-0.2, -0.15) is 0 Å². The molecule has 4 aromatic rings. The third-order valence-electron chi connectivity index (χ3n) is 5.33. The maximum atomic E-state index is 6.62. The lowest BCUT2D eigenvalue weighted by atomic mass is 9.97. The molecule has 30 heavy (non-hydrogen) atoms. The molecule has 0 unspecified atom stereocenters. The van der Waals surface area contributed by atoms with Crippen molar-refractivity contribution in [1.82, 2.24) is 15.3 Å². The lowest BCUT2D eigenvalue weighted by molar-refractivity contribution is 0.419. The minimum Gasteiger partial charge on any atom is -0.494 e. The first-order valence-electron chi connectivity index (χ1n) is 10.3. The number of rotatable bonds is 8. The van der Waals surface area contributed by atoms with Gasteiger partial charge >= 0.3 is 0 Å². The molecular formula is C25H26ClN3O. The highest BCUT2D eigenvalue weighted by Crippen LogP contribution is 2.31. The van der Waals surface area contributed by atoms with Gasteiger partial charge in [-0.1, -0.05) is 61.0 Å². The number of aryl methyl sites for hydroxylation is 1. The Bertz CT molecular complexity index is 1150. The van der Waals surface area contributed by atoms with Crippen LogP contribution in [0.1, 0.15) is 23.9 Å². The highest BCUT2D eigenvalue weighted by atomic mass is 35.5. The molecule has 0 fully saturated rings. The first-order chi connectivity index (χ1) is 14.7. The summed E-state index contributed by atoms with van der Waals surface area (Å²) in [6, 6.07) is 20.7. The third kappa shape index (κ3) is 4.35. The molecule has 0 aliphatic heterocycles. The van der Waals surface area contributed by atoms with Gasteiger partial charge < -0.3 is 15.0 Å². The smallest absolute Gasteiger partial charge is 0.146 e. The molecule has 0 saturated heterocycles. The van der Waals surface area contributed by atoms with Gasteiger partial charge in [0.1, 0.15) is 17.1 Å². The topological polar surface area (TPSA) is 49.9 Å². The molecule has 1 heterocycles. The van der Waals surface area contributed by atoms with Crippen LogP contribution in [0.25, 0.3) is 22.2 Å². The van der Waals surface area contributed by atoms with Crippen molar-refractivity contribution in [2.75, 3.05) is 13.7 Å². The van der Waals surface area contributed by atoms with E-state index < -0.39 is 0 Å². The number of benzene rings is 3. The van der Waals surface area contributed by atoms with Crippen LogP contribution in [-0.2, 0) is 19.4 Å². The van der Waals surface area contributed by atoms with Crippen molar-refractivity contribution in [1.29, 1.82) is 0 Å². The van der Waals surface area contributed by atoms with Crippen molar-refractivity contribution in [3.05, 3.63) is 82.6 Å². The van der Waals surface area contributed by atoms with Crippen LogP contribution < -0.4 is 10.1 Å². The van der Waals surface area contributed by atoms with Crippen molar-refractivity contribution in [2.45, 2.75) is 26.3 Å². The number of nitrogens with one attached hydrogen (secondary N) is 2. The largest absolute Gasteiger partial charge is 0.494 e. The van der Waals surface area contributed by atoms with Crippen molar-refractivity contribution < 1.29 is 4.74 Å². The van der Waals surface area contributed by atoms with Gasteiger partial charge in [0.05, 0.1) is 12.6 Å². The summed E-state index contributed by atoms with van der Waals surface area (Å²) in [5.74, 6) is 1.74. The second-order valence-corrected chi connectivity index (χ2v) is 7.70. The van der Waals surface area contributed by atoms with Crippen LogP contribution in [0, 0.1) is 0 Å². The van der Waals surface area contributed by atoms with E-state index in [-0.39, 0.29) is 0 Å². The second kappa shape index (κ2) is 9.33. The van der Waals surface area contributed by atoms with E-state index in [0.29, 0.717) is 0 Å². The number of fused-ring (bicyclic) bond motifs is 1. The molecular weight excluding hydrogens is 394 g/mol. The Morgan fingerprint density at radius 3 is 2.70 bits per heavy atom. The number of hydrogen-bond acceptors (Lipinski definition) is 3. The Kier molecular flexibility index (Phi) is 6.36. The van der Waals surface area contributed by atoms with Crippen LogP contribution in [0.5, 0.6) is 5.75 Å². The number of methoxy groups -OCH3 is 1. The maximum absolute atomic E-state index is 6.62. The van der Waals surface area contributed by atoms with E-state index in [1.54, 1.807) is 7.11 Å². The Morgan fingerprint density at radius 2 is 1.90 bits per heavy atom. The van der Waals surface area contributed by atoms with Gasteiger partial charge in [0.2, 0.25) is 0 Å². The molecule has 5 heteroatoms. The monoisotopic (exact) mass is 419 g/mol. The van der Waals surface area contributed by atoms with E-state index in [1.807, 2.05) is 18.2 Å². The number of aromatic amines is 1. The number of imidazole rings is 1. The van der Waals surface area contributed by atoms with Gasteiger partial charge in [-0.3, -0.25) is 0 Å². The molecule has 4 nitrogen and oxygen atoms in total. The molecule has 0 radical (unpaired) electrons. The summed E-state index contributed by atoms with van der Waals surface area (Å²) in [5.41, 5.74) is 6.67. The summed E-state index contributed by atoms with van der Waals surface area (Å²) >= 11 is 6.62. The summed E-state index contributed by atoms with van der Waals surface area (Å²) in [6.07, 6.45) is 1.80. The summed E-state index contributed by atoms with van der Waals surface area (Å²) in [4.78, 5) is 8.02. The molecule has 0 amide bonds. The average Bonchev–Trinajstić information content (AvgIpc) is 3.20. The van der Waals surface area contributed by atoms with E-state index in [9.17, 15) is 0 Å². The molecule has 0 aliphatic rings. The number of nitrogens with zero attached hydrogens (tertiary/aromatic N) is 1. The summed E-state index contributed by atoms with van der Waals surface area (Å²) in [7, 11) is 1.67. The SMILES string of the molecule is CCc1ccccc1-c1ccc(CNCCc2nc3c(OC)cccc3[nH]2)cc1Cl. The molecule has 154 valence electrons. The highest BCUT2D eigenvalue weighted by molar-refractivity contribution is 6.33. The predicted octanol–water partition coefficient (Wildman–Crippen LogP) is 5.79. The number of aromatic nitrogens is 2. The van der Waals surface area contributed by atoms with Crippen molar-refractivity contribution in [3.8, 4) is 16.9 Å². The van der Waals surface area contributed by atoms with Crippen LogP contribution >= 0.6 is 11.6 Å². The quantitative estimate of drug-likeness (QED) is 0.355. The molecule has 1 aromatic heterocycles. The Hall–Kier alpha value is -2.82. The summed E-state index contributed by atoms with van der Waals surface area (Å²) < 4.78 is 5.38. The first kappa shape index (κ1) is 20.5. The average molecular weight is 420 g/mol. The number of halogens is 1. The zero-order valence-corrected chi connectivity index (χ0v) is 18.1. The van der Waals surface area contributed by atoms with Gasteiger partial charge in [0, 0.05) is 30.1 Å². The van der Waals surface area contributed by atoms with Crippen molar-refractivity contribution in [3.63, 3.8) is 0 Å². The first-order valence-corrected chi connectivity index (χ1v) is 10.7. The number of para-hydroxylation sites is 1. The third-order valence-corrected chi connectivity index (χ3v) is 5.65. The normalized spacial score (nSPS) is 11.2. The molecule has 4 rings (SSSR count). The van der Waals surface area contributed by atoms with Crippen LogP contribution in [-0.4, -0.2) is 23.6 Å². The molecule has 3 aromatic carbocycles. The van der Waals surface area contributed by atoms with Crippen LogP contribution in [0.15, 0.2) is 60.7 Å². The number of H-pyrrole nitrogens is 1. The van der Waals surface area contributed by atoms with Crippen molar-refractivity contribution in [2.24, 2.45) is 0 Å². The van der Waals surface area contributed by atoms with E-state index in [0.717, 1.165) is 59.1 Å². The lowest BCUT2D eigenvalue weighted by Gasteiger charge is -2.11. The van der Waals surface area contributed by atoms with E-state index in [1.165, 1.54) is 16.7 Å². The zero-order chi connectivity index (χ0) is 20.9. The molecule has 0 atom stereocenters. The lowest BCUT2D eigenvalue weighted by Crippen LogP contribution is -2.17. The van der Waals surface area contributed by atoms with Gasteiger partial charge in [-0.15, -0.1) is 0 Å². The fourth-order valence-corrected chi connectivity index (χ4v) is 4.06. The summed E-state index contributed by atoms with van der Waals surface area (Å²) in [6.45, 7) is 3.75. The molecule has 0 aliphatic carbocycles. The standard InChI is InChI=1S/C25H26ClN3O/c1-3-18-7-4-5-8-19(18)20-12-11-17(15-21(20)26)16-27-14-13-24-28-22-9-6-10-23(30-2)25(22)29-24/h4-12,15,27H,3,13-14,16H2,1-2H3,(H,28,29). The van der Waals surface area contributed by atoms with Gasteiger partial charge in [0.25, 0.3) is 0 Å². The van der Waals surface area contributed by atoms with Crippen LogP contribution in [0.4, 0.5) is 0 Å². The molecule has 0 saturated carbocycles. The van der Waals surface area contributed by atoms with E-state index in [2.05, 4.69) is 64.7 Å². The van der Waals surface area contributed by atoms with Crippen LogP contribution in [0.3, 0.4) is 0 Å². The van der Waals surface area contributed by atoms with Gasteiger partial charge in [-0.05, 0) is 41.3 Å². The molecule has 2 N–H and O–H groups in total. The maximum Gasteiger partial charge on any atom is 0.146 e. The Labute approximate surface area is 182 Å². The summed E-state index contributed by atoms with van der Waals surface area (Å²) in [5, 5.41) is 4.27. The molecule has 0 spiro atoms. The van der Waals surface area contributed by atoms with E-state index in [4.69, 9.17) is 16.3 Å².